The Labute approximate surface area is 169 Å². The Balaban J connectivity index is 1.46. The van der Waals surface area contributed by atoms with E-state index in [9.17, 15) is 18.0 Å². The maximum Gasteiger partial charge on any atom is 0.493 e. The number of hydrogen-bond acceptors (Lipinski definition) is 5. The van der Waals surface area contributed by atoms with Crippen molar-refractivity contribution in [2.24, 2.45) is 28.3 Å². The lowest BCUT2D eigenvalue weighted by molar-refractivity contribution is -0.250. The molecular weight excluding hydrogens is 383 g/mol. The van der Waals surface area contributed by atoms with E-state index in [2.05, 4.69) is 10.0 Å². The van der Waals surface area contributed by atoms with Crippen molar-refractivity contribution in [1.29, 1.82) is 0 Å². The Morgan fingerprint density at radius 3 is 2.17 bits per heavy atom. The highest BCUT2D eigenvalue weighted by atomic mass is 19.4. The average molecular weight is 413 g/mol. The first-order valence-corrected chi connectivity index (χ1v) is 11.3. The van der Waals surface area contributed by atoms with Crippen molar-refractivity contribution < 1.29 is 22.8 Å². The summed E-state index contributed by atoms with van der Waals surface area (Å²) in [5.41, 5.74) is -0.0412. The van der Waals surface area contributed by atoms with Crippen molar-refractivity contribution in [3.05, 3.63) is 0 Å². The molecule has 4 aliphatic carbocycles. The molecule has 4 bridgehead atoms. The number of fused-ring (bicyclic) bond motifs is 1. The zero-order valence-corrected chi connectivity index (χ0v) is 16.8. The van der Waals surface area contributed by atoms with Crippen LogP contribution >= 0.6 is 0 Å². The minimum absolute atomic E-state index is 0.0412. The van der Waals surface area contributed by atoms with Crippen LogP contribution in [0, 0.1) is 23.2 Å². The summed E-state index contributed by atoms with van der Waals surface area (Å²) in [6.07, 6.45) is 7.63. The molecule has 1 atom stereocenters. The minimum atomic E-state index is -5.01. The van der Waals surface area contributed by atoms with Crippen LogP contribution in [-0.4, -0.2) is 40.8 Å². The lowest BCUT2D eigenvalue weighted by atomic mass is 9.49. The first kappa shape index (κ1) is 19.5. The molecule has 0 radical (unpaired) electrons. The third kappa shape index (κ3) is 3.50. The van der Waals surface area contributed by atoms with Gasteiger partial charge in [-0.25, -0.2) is 4.79 Å². The van der Waals surface area contributed by atoms with Crippen molar-refractivity contribution in [2.45, 2.75) is 89.4 Å². The summed E-state index contributed by atoms with van der Waals surface area (Å²) in [5, 5.41) is 5.63. The molecule has 1 saturated heterocycles. The smallest absolute Gasteiger partial charge is 0.333 e. The normalized spacial score (nSPS) is 39.5. The standard InChI is InChI=1S/C21H30F3N3O2/c22-21(23,24)19(28)29-27-17-6-4-2-1-3-5-7-26(17)18(25-27)20-11-14-8-15(12-20)10-16(9-14)13-20/h14-17H,1-13H2. The van der Waals surface area contributed by atoms with E-state index >= 15 is 0 Å². The lowest BCUT2D eigenvalue weighted by Crippen LogP contribution is -2.55. The molecule has 29 heavy (non-hydrogen) atoms. The number of rotatable bonds is 2. The Bertz CT molecular complexity index is 658. The lowest BCUT2D eigenvalue weighted by Gasteiger charge is -2.57. The molecule has 0 spiro atoms. The van der Waals surface area contributed by atoms with Gasteiger partial charge in [-0.1, -0.05) is 24.4 Å². The van der Waals surface area contributed by atoms with Gasteiger partial charge in [0.25, 0.3) is 0 Å². The number of halogens is 3. The van der Waals surface area contributed by atoms with Gasteiger partial charge in [0, 0.05) is 12.0 Å². The molecule has 4 saturated carbocycles. The summed E-state index contributed by atoms with van der Waals surface area (Å²) in [4.78, 5) is 18.6. The molecule has 5 nitrogen and oxygen atoms in total. The SMILES string of the molecule is O=C(ON1N=C(C23CC4CC(CC(C4)C2)C3)N2CCCCCCCC12)C(F)(F)F. The van der Waals surface area contributed by atoms with Crippen LogP contribution in [0.2, 0.25) is 0 Å². The summed E-state index contributed by atoms with van der Waals surface area (Å²) in [6, 6.07) is 0. The molecule has 2 aliphatic heterocycles. The van der Waals surface area contributed by atoms with Crippen molar-refractivity contribution in [3.8, 4) is 0 Å². The van der Waals surface area contributed by atoms with Gasteiger partial charge in [-0.05, 0) is 75.5 Å². The Kier molecular flexibility index (Phi) is 4.74. The summed E-state index contributed by atoms with van der Waals surface area (Å²) in [7, 11) is 0. The van der Waals surface area contributed by atoms with Gasteiger partial charge in [0.2, 0.25) is 0 Å². The number of carbonyl (C=O) groups excluding carboxylic acids is 1. The zero-order valence-electron chi connectivity index (χ0n) is 16.8. The molecule has 0 aromatic heterocycles. The van der Waals surface area contributed by atoms with Crippen LogP contribution in [0.15, 0.2) is 5.10 Å². The van der Waals surface area contributed by atoms with Gasteiger partial charge in [0.15, 0.2) is 6.17 Å². The maximum atomic E-state index is 12.9. The molecule has 0 N–H and O–H groups in total. The van der Waals surface area contributed by atoms with Crippen molar-refractivity contribution in [1.82, 2.24) is 10.1 Å². The van der Waals surface area contributed by atoms with Crippen LogP contribution in [0.1, 0.15) is 77.0 Å². The number of nitrogens with zero attached hydrogens (tertiary/aromatic N) is 3. The van der Waals surface area contributed by atoms with Crippen LogP contribution < -0.4 is 0 Å². The molecule has 5 fully saturated rings. The fourth-order valence-corrected chi connectivity index (χ4v) is 7.15. The van der Waals surface area contributed by atoms with Gasteiger partial charge in [-0.2, -0.15) is 13.2 Å². The highest BCUT2D eigenvalue weighted by molar-refractivity contribution is 5.90. The van der Waals surface area contributed by atoms with E-state index in [0.717, 1.165) is 68.9 Å². The molecule has 2 heterocycles. The second-order valence-electron chi connectivity index (χ2n) is 10.0. The molecule has 6 aliphatic rings. The van der Waals surface area contributed by atoms with Crippen LogP contribution in [0.4, 0.5) is 13.2 Å². The highest BCUT2D eigenvalue weighted by Crippen LogP contribution is 2.61. The third-order valence-electron chi connectivity index (χ3n) is 7.86. The summed E-state index contributed by atoms with van der Waals surface area (Å²) in [5.74, 6) is 0.886. The van der Waals surface area contributed by atoms with Crippen molar-refractivity contribution >= 4 is 11.8 Å². The third-order valence-corrected chi connectivity index (χ3v) is 7.86. The van der Waals surface area contributed by atoms with Gasteiger partial charge in [0.1, 0.15) is 5.84 Å². The van der Waals surface area contributed by atoms with Crippen LogP contribution in [0.5, 0.6) is 0 Å². The molecular formula is C21H30F3N3O2. The molecule has 0 aromatic rings. The van der Waals surface area contributed by atoms with Gasteiger partial charge < -0.3 is 9.74 Å². The maximum absolute atomic E-state index is 12.9. The topological polar surface area (TPSA) is 45.1 Å². The van der Waals surface area contributed by atoms with Gasteiger partial charge in [-0.15, -0.1) is 5.10 Å². The number of carbonyl (C=O) groups is 1. The van der Waals surface area contributed by atoms with Crippen LogP contribution in [-0.2, 0) is 9.63 Å². The van der Waals surface area contributed by atoms with E-state index in [1.165, 1.54) is 19.3 Å². The highest BCUT2D eigenvalue weighted by Gasteiger charge is 2.57. The van der Waals surface area contributed by atoms with Crippen molar-refractivity contribution in [3.63, 3.8) is 0 Å². The number of hydrogen-bond donors (Lipinski definition) is 0. The zero-order chi connectivity index (χ0) is 20.2. The first-order chi connectivity index (χ1) is 13.8. The average Bonchev–Trinajstić information content (AvgIpc) is 3.01. The van der Waals surface area contributed by atoms with E-state index in [4.69, 9.17) is 4.84 Å². The van der Waals surface area contributed by atoms with Crippen LogP contribution in [0.25, 0.3) is 0 Å². The Morgan fingerprint density at radius 2 is 1.55 bits per heavy atom. The molecule has 6 rings (SSSR count). The molecule has 0 aromatic carbocycles. The fraction of sp³-hybridized carbons (Fsp3) is 0.905. The van der Waals surface area contributed by atoms with E-state index in [1.807, 2.05) is 0 Å². The predicted octanol–water partition coefficient (Wildman–Crippen LogP) is 4.83. The number of alkyl halides is 3. The first-order valence-electron chi connectivity index (χ1n) is 11.3. The van der Waals surface area contributed by atoms with Crippen LogP contribution in [0.3, 0.4) is 0 Å². The second-order valence-corrected chi connectivity index (χ2v) is 10.0. The van der Waals surface area contributed by atoms with Gasteiger partial charge in [0.05, 0.1) is 0 Å². The number of hydrazone groups is 1. The van der Waals surface area contributed by atoms with E-state index in [1.54, 1.807) is 0 Å². The number of amidine groups is 1. The molecule has 1 unspecified atom stereocenters. The van der Waals surface area contributed by atoms with E-state index < -0.39 is 18.3 Å². The fourth-order valence-electron chi connectivity index (χ4n) is 7.15. The van der Waals surface area contributed by atoms with Crippen molar-refractivity contribution in [2.75, 3.05) is 6.54 Å². The molecule has 162 valence electrons. The van der Waals surface area contributed by atoms with Gasteiger partial charge >= 0.3 is 12.1 Å². The predicted molar refractivity (Wildman–Crippen MR) is 100 cm³/mol. The Hall–Kier alpha value is -1.47. The second kappa shape index (κ2) is 7.05. The molecule has 8 heteroatoms. The largest absolute Gasteiger partial charge is 0.493 e. The Morgan fingerprint density at radius 1 is 0.966 bits per heavy atom. The number of hydroxylamine groups is 1. The summed E-state index contributed by atoms with van der Waals surface area (Å²) < 4.78 is 38.7. The minimum Gasteiger partial charge on any atom is -0.333 e. The summed E-state index contributed by atoms with van der Waals surface area (Å²) >= 11 is 0. The van der Waals surface area contributed by atoms with E-state index in [0.29, 0.717) is 24.2 Å². The monoisotopic (exact) mass is 413 g/mol. The molecule has 0 amide bonds. The van der Waals surface area contributed by atoms with E-state index in [-0.39, 0.29) is 5.41 Å². The quantitative estimate of drug-likeness (QED) is 0.650. The van der Waals surface area contributed by atoms with Gasteiger partial charge in [-0.3, -0.25) is 0 Å². The summed E-state index contributed by atoms with van der Waals surface area (Å²) in [6.45, 7) is 0.783.